The van der Waals surface area contributed by atoms with Gasteiger partial charge in [0, 0.05) is 23.8 Å². The molecule has 0 aliphatic carbocycles. The average Bonchev–Trinajstić information content (AvgIpc) is 2.25. The van der Waals surface area contributed by atoms with Crippen molar-refractivity contribution in [2.45, 2.75) is 40.3 Å². The molecule has 3 nitrogen and oxygen atoms in total. The smallest absolute Gasteiger partial charge is 0.0644 e. The van der Waals surface area contributed by atoms with Crippen LogP contribution in [0.4, 0.5) is 0 Å². The van der Waals surface area contributed by atoms with Gasteiger partial charge in [-0.25, -0.2) is 0 Å². The van der Waals surface area contributed by atoms with Crippen molar-refractivity contribution in [3.63, 3.8) is 0 Å². The predicted octanol–water partition coefficient (Wildman–Crippen LogP) is 1.54. The van der Waals surface area contributed by atoms with Crippen LogP contribution in [0.15, 0.2) is 0 Å². The molecule has 0 amide bonds. The summed E-state index contributed by atoms with van der Waals surface area (Å²) in [5, 5.41) is 4.39. The number of hydrogen-bond acceptors (Lipinski definition) is 2. The van der Waals surface area contributed by atoms with E-state index in [1.807, 2.05) is 18.5 Å². The summed E-state index contributed by atoms with van der Waals surface area (Å²) in [6, 6.07) is 0.0882. The van der Waals surface area contributed by atoms with Crippen molar-refractivity contribution in [3.05, 3.63) is 17.0 Å². The van der Waals surface area contributed by atoms with E-state index in [2.05, 4.69) is 18.9 Å². The number of nitrogens with zero attached hydrogens (tertiary/aromatic N) is 2. The second kappa shape index (κ2) is 3.27. The maximum Gasteiger partial charge on any atom is 0.0644 e. The average molecular weight is 167 g/mol. The Morgan fingerprint density at radius 3 is 2.33 bits per heavy atom. The zero-order chi connectivity index (χ0) is 9.30. The standard InChI is InChI=1S/C9H17N3/c1-5-12-8(4)9(6(2)10)7(3)11-12/h6H,5,10H2,1-4H3. The van der Waals surface area contributed by atoms with E-state index < -0.39 is 0 Å². The maximum atomic E-state index is 5.83. The Morgan fingerprint density at radius 2 is 2.08 bits per heavy atom. The van der Waals surface area contributed by atoms with Gasteiger partial charge in [-0.15, -0.1) is 0 Å². The third-order valence-corrected chi connectivity index (χ3v) is 2.19. The lowest BCUT2D eigenvalue weighted by Gasteiger charge is -2.05. The lowest BCUT2D eigenvalue weighted by molar-refractivity contribution is 0.632. The Hall–Kier alpha value is -0.830. The molecular formula is C9H17N3. The van der Waals surface area contributed by atoms with Gasteiger partial charge in [0.25, 0.3) is 0 Å². The molecule has 0 spiro atoms. The first kappa shape index (κ1) is 9.26. The lowest BCUT2D eigenvalue weighted by Crippen LogP contribution is -2.08. The van der Waals surface area contributed by atoms with Gasteiger partial charge in [0.2, 0.25) is 0 Å². The maximum absolute atomic E-state index is 5.83. The van der Waals surface area contributed by atoms with Crippen LogP contribution in [0.25, 0.3) is 0 Å². The summed E-state index contributed by atoms with van der Waals surface area (Å²) in [6.07, 6.45) is 0. The van der Waals surface area contributed by atoms with Crippen LogP contribution in [0.5, 0.6) is 0 Å². The monoisotopic (exact) mass is 167 g/mol. The molecule has 0 fully saturated rings. The molecule has 1 rings (SSSR count). The molecule has 1 atom stereocenters. The van der Waals surface area contributed by atoms with Crippen LogP contribution in [0.2, 0.25) is 0 Å². The van der Waals surface area contributed by atoms with Crippen LogP contribution < -0.4 is 5.73 Å². The van der Waals surface area contributed by atoms with E-state index in [0.29, 0.717) is 0 Å². The molecule has 0 aliphatic rings. The Balaban J connectivity index is 3.19. The summed E-state index contributed by atoms with van der Waals surface area (Å²) in [5.74, 6) is 0. The van der Waals surface area contributed by atoms with E-state index >= 15 is 0 Å². The summed E-state index contributed by atoms with van der Waals surface area (Å²) < 4.78 is 1.99. The summed E-state index contributed by atoms with van der Waals surface area (Å²) in [6.45, 7) is 9.08. The van der Waals surface area contributed by atoms with E-state index in [1.165, 1.54) is 11.3 Å². The molecule has 68 valence electrons. The molecule has 0 bridgehead atoms. The van der Waals surface area contributed by atoms with Crippen molar-refractivity contribution in [2.75, 3.05) is 0 Å². The van der Waals surface area contributed by atoms with Gasteiger partial charge < -0.3 is 5.73 Å². The molecule has 1 aromatic heterocycles. The molecule has 1 unspecified atom stereocenters. The molecular weight excluding hydrogens is 150 g/mol. The van der Waals surface area contributed by atoms with Crippen LogP contribution in [-0.2, 0) is 6.54 Å². The Kier molecular flexibility index (Phi) is 2.52. The molecule has 1 heterocycles. The summed E-state index contributed by atoms with van der Waals surface area (Å²) >= 11 is 0. The Labute approximate surface area is 73.6 Å². The fraction of sp³-hybridized carbons (Fsp3) is 0.667. The minimum absolute atomic E-state index is 0.0882. The van der Waals surface area contributed by atoms with Crippen molar-refractivity contribution in [1.29, 1.82) is 0 Å². The summed E-state index contributed by atoms with van der Waals surface area (Å²) in [4.78, 5) is 0. The third kappa shape index (κ3) is 1.37. The number of nitrogens with two attached hydrogens (primary N) is 1. The van der Waals surface area contributed by atoms with Gasteiger partial charge in [0.1, 0.15) is 0 Å². The lowest BCUT2D eigenvalue weighted by atomic mass is 10.1. The van der Waals surface area contributed by atoms with Crippen molar-refractivity contribution in [3.8, 4) is 0 Å². The van der Waals surface area contributed by atoms with Gasteiger partial charge in [-0.3, -0.25) is 4.68 Å². The summed E-state index contributed by atoms with van der Waals surface area (Å²) in [7, 11) is 0. The van der Waals surface area contributed by atoms with Crippen molar-refractivity contribution < 1.29 is 0 Å². The van der Waals surface area contributed by atoms with Crippen LogP contribution in [0.3, 0.4) is 0 Å². The fourth-order valence-electron chi connectivity index (χ4n) is 1.68. The highest BCUT2D eigenvalue weighted by Gasteiger charge is 2.12. The van der Waals surface area contributed by atoms with Gasteiger partial charge in [-0.05, 0) is 27.7 Å². The number of aromatic nitrogens is 2. The second-order valence-electron chi connectivity index (χ2n) is 3.19. The molecule has 2 N–H and O–H groups in total. The largest absolute Gasteiger partial charge is 0.324 e. The quantitative estimate of drug-likeness (QED) is 0.726. The molecule has 0 radical (unpaired) electrons. The number of aryl methyl sites for hydroxylation is 2. The molecule has 0 saturated carbocycles. The third-order valence-electron chi connectivity index (χ3n) is 2.19. The molecule has 0 saturated heterocycles. The highest BCUT2D eigenvalue weighted by Crippen LogP contribution is 2.18. The topological polar surface area (TPSA) is 43.8 Å². The first-order valence-electron chi connectivity index (χ1n) is 4.37. The van der Waals surface area contributed by atoms with Gasteiger partial charge in [-0.2, -0.15) is 5.10 Å². The zero-order valence-corrected chi connectivity index (χ0v) is 8.26. The highest BCUT2D eigenvalue weighted by molar-refractivity contribution is 5.27. The SMILES string of the molecule is CCn1nc(C)c(C(C)N)c1C. The van der Waals surface area contributed by atoms with Crippen LogP contribution in [0.1, 0.15) is 36.8 Å². The van der Waals surface area contributed by atoms with E-state index in [9.17, 15) is 0 Å². The molecule has 0 aliphatic heterocycles. The van der Waals surface area contributed by atoms with Gasteiger partial charge >= 0.3 is 0 Å². The molecule has 12 heavy (non-hydrogen) atoms. The van der Waals surface area contributed by atoms with Crippen LogP contribution in [0, 0.1) is 13.8 Å². The zero-order valence-electron chi connectivity index (χ0n) is 8.26. The van der Waals surface area contributed by atoms with E-state index in [1.54, 1.807) is 0 Å². The van der Waals surface area contributed by atoms with Crippen LogP contribution in [-0.4, -0.2) is 9.78 Å². The van der Waals surface area contributed by atoms with Gasteiger partial charge in [0.05, 0.1) is 5.69 Å². The molecule has 0 aromatic carbocycles. The number of rotatable bonds is 2. The fourth-order valence-corrected chi connectivity index (χ4v) is 1.68. The van der Waals surface area contributed by atoms with Crippen molar-refractivity contribution >= 4 is 0 Å². The van der Waals surface area contributed by atoms with Crippen molar-refractivity contribution in [1.82, 2.24) is 9.78 Å². The first-order valence-corrected chi connectivity index (χ1v) is 4.37. The normalized spacial score (nSPS) is 13.4. The summed E-state index contributed by atoms with van der Waals surface area (Å²) in [5.41, 5.74) is 9.28. The van der Waals surface area contributed by atoms with Crippen LogP contribution >= 0.6 is 0 Å². The Morgan fingerprint density at radius 1 is 1.50 bits per heavy atom. The minimum Gasteiger partial charge on any atom is -0.324 e. The molecule has 3 heteroatoms. The van der Waals surface area contributed by atoms with Gasteiger partial charge in [-0.1, -0.05) is 0 Å². The predicted molar refractivity (Wildman–Crippen MR) is 50.0 cm³/mol. The van der Waals surface area contributed by atoms with E-state index in [4.69, 9.17) is 5.73 Å². The van der Waals surface area contributed by atoms with Gasteiger partial charge in [0.15, 0.2) is 0 Å². The number of hydrogen-bond donors (Lipinski definition) is 1. The highest BCUT2D eigenvalue weighted by atomic mass is 15.3. The Bertz CT molecular complexity index is 274. The molecule has 1 aromatic rings. The first-order chi connectivity index (χ1) is 5.57. The van der Waals surface area contributed by atoms with Crippen molar-refractivity contribution in [2.24, 2.45) is 5.73 Å². The minimum atomic E-state index is 0.0882. The van der Waals surface area contributed by atoms with E-state index in [-0.39, 0.29) is 6.04 Å². The second-order valence-corrected chi connectivity index (χ2v) is 3.19. The van der Waals surface area contributed by atoms with E-state index in [0.717, 1.165) is 12.2 Å².